The van der Waals surface area contributed by atoms with Crippen LogP contribution in [0.25, 0.3) is 11.5 Å². The van der Waals surface area contributed by atoms with Gasteiger partial charge in [-0.25, -0.2) is 0 Å². The predicted octanol–water partition coefficient (Wildman–Crippen LogP) is 2.49. The van der Waals surface area contributed by atoms with Crippen LogP contribution in [0.2, 0.25) is 0 Å². The van der Waals surface area contributed by atoms with E-state index in [4.69, 9.17) is 9.15 Å². The number of ether oxygens (including phenoxy) is 1. The quantitative estimate of drug-likeness (QED) is 0.652. The first-order chi connectivity index (χ1) is 13.5. The second-order valence-corrected chi connectivity index (χ2v) is 6.13. The summed E-state index contributed by atoms with van der Waals surface area (Å²) < 4.78 is 10.5. The molecule has 0 atom stereocenters. The summed E-state index contributed by atoms with van der Waals surface area (Å²) in [6.07, 6.45) is 1.25. The van der Waals surface area contributed by atoms with Gasteiger partial charge < -0.3 is 19.8 Å². The first-order valence-electron chi connectivity index (χ1n) is 8.65. The number of benzene rings is 2. The van der Waals surface area contributed by atoms with Crippen LogP contribution < -0.4 is 15.4 Å². The summed E-state index contributed by atoms with van der Waals surface area (Å²) in [6, 6.07) is 12.5. The normalized spacial score (nSPS) is 10.4. The van der Waals surface area contributed by atoms with Crippen molar-refractivity contribution in [2.24, 2.45) is 0 Å². The van der Waals surface area contributed by atoms with Crippen molar-refractivity contribution in [3.8, 4) is 17.2 Å². The molecule has 0 saturated heterocycles. The minimum absolute atomic E-state index is 0.133. The van der Waals surface area contributed by atoms with Crippen LogP contribution in [0.1, 0.15) is 11.1 Å². The summed E-state index contributed by atoms with van der Waals surface area (Å²) in [4.78, 5) is 23.9. The molecular formula is C20H20N4O4. The van der Waals surface area contributed by atoms with Crippen LogP contribution in [0.4, 0.5) is 5.69 Å². The SMILES string of the molecule is Cc1cccc(NC(=O)CNC(=O)COc2ccc(-c3nnco3)cc2)c1C. The number of anilines is 1. The molecule has 3 aromatic rings. The Morgan fingerprint density at radius 3 is 2.57 bits per heavy atom. The van der Waals surface area contributed by atoms with Gasteiger partial charge in [-0.2, -0.15) is 0 Å². The minimum atomic E-state index is -0.392. The summed E-state index contributed by atoms with van der Waals surface area (Å²) in [5, 5.41) is 12.7. The van der Waals surface area contributed by atoms with Crippen molar-refractivity contribution >= 4 is 17.5 Å². The fourth-order valence-corrected chi connectivity index (χ4v) is 2.45. The standard InChI is InChI=1S/C20H20N4O4/c1-13-4-3-5-17(14(13)2)23-18(25)10-21-19(26)11-27-16-8-6-15(7-9-16)20-24-22-12-28-20/h3-9,12H,10-11H2,1-2H3,(H,21,26)(H,23,25). The molecule has 0 aliphatic heterocycles. The molecule has 0 unspecified atom stereocenters. The zero-order valence-electron chi connectivity index (χ0n) is 15.6. The Balaban J connectivity index is 1.43. The van der Waals surface area contributed by atoms with Gasteiger partial charge in [-0.3, -0.25) is 9.59 Å². The third-order valence-corrected chi connectivity index (χ3v) is 4.16. The van der Waals surface area contributed by atoms with Crippen LogP contribution in [0.5, 0.6) is 5.75 Å². The van der Waals surface area contributed by atoms with Crippen molar-refractivity contribution in [3.63, 3.8) is 0 Å². The van der Waals surface area contributed by atoms with Crippen molar-refractivity contribution < 1.29 is 18.7 Å². The predicted molar refractivity (Wildman–Crippen MR) is 103 cm³/mol. The molecule has 3 rings (SSSR count). The van der Waals surface area contributed by atoms with E-state index in [1.54, 1.807) is 24.3 Å². The van der Waals surface area contributed by atoms with Crippen molar-refractivity contribution in [1.29, 1.82) is 0 Å². The molecule has 0 aliphatic rings. The highest BCUT2D eigenvalue weighted by Gasteiger charge is 2.09. The fraction of sp³-hybridized carbons (Fsp3) is 0.200. The van der Waals surface area contributed by atoms with Gasteiger partial charge in [0, 0.05) is 11.3 Å². The Morgan fingerprint density at radius 1 is 1.07 bits per heavy atom. The summed E-state index contributed by atoms with van der Waals surface area (Å²) in [6.45, 7) is 3.57. The van der Waals surface area contributed by atoms with Crippen LogP contribution in [0.15, 0.2) is 53.3 Å². The molecule has 144 valence electrons. The van der Waals surface area contributed by atoms with E-state index < -0.39 is 5.91 Å². The van der Waals surface area contributed by atoms with Gasteiger partial charge in [0.05, 0.1) is 6.54 Å². The van der Waals surface area contributed by atoms with Gasteiger partial charge in [0.25, 0.3) is 5.91 Å². The zero-order valence-corrected chi connectivity index (χ0v) is 15.6. The number of amides is 2. The van der Waals surface area contributed by atoms with Gasteiger partial charge >= 0.3 is 0 Å². The van der Waals surface area contributed by atoms with Gasteiger partial charge in [0.2, 0.25) is 18.2 Å². The molecule has 8 nitrogen and oxygen atoms in total. The van der Waals surface area contributed by atoms with E-state index in [9.17, 15) is 9.59 Å². The molecule has 2 N–H and O–H groups in total. The van der Waals surface area contributed by atoms with Gasteiger partial charge in [-0.1, -0.05) is 12.1 Å². The van der Waals surface area contributed by atoms with Crippen molar-refractivity contribution in [1.82, 2.24) is 15.5 Å². The molecule has 0 saturated carbocycles. The van der Waals surface area contributed by atoms with Gasteiger partial charge in [0.15, 0.2) is 6.61 Å². The Hall–Kier alpha value is -3.68. The monoisotopic (exact) mass is 380 g/mol. The van der Waals surface area contributed by atoms with Crippen molar-refractivity contribution in [2.75, 3.05) is 18.5 Å². The van der Waals surface area contributed by atoms with Crippen molar-refractivity contribution in [2.45, 2.75) is 13.8 Å². The minimum Gasteiger partial charge on any atom is -0.484 e. The summed E-state index contributed by atoms with van der Waals surface area (Å²) in [5.41, 5.74) is 3.56. The van der Waals surface area contributed by atoms with E-state index in [1.807, 2.05) is 32.0 Å². The molecule has 2 amide bonds. The number of nitrogens with zero attached hydrogens (tertiary/aromatic N) is 2. The molecule has 8 heteroatoms. The lowest BCUT2D eigenvalue weighted by molar-refractivity contribution is -0.125. The van der Waals surface area contributed by atoms with Gasteiger partial charge in [-0.05, 0) is 55.3 Å². The van der Waals surface area contributed by atoms with E-state index in [1.165, 1.54) is 6.39 Å². The maximum Gasteiger partial charge on any atom is 0.258 e. The van der Waals surface area contributed by atoms with E-state index in [0.717, 1.165) is 22.4 Å². The number of carbonyl (C=O) groups is 2. The molecule has 28 heavy (non-hydrogen) atoms. The molecule has 0 bridgehead atoms. The van der Waals surface area contributed by atoms with E-state index in [2.05, 4.69) is 20.8 Å². The van der Waals surface area contributed by atoms with Gasteiger partial charge in [-0.15, -0.1) is 10.2 Å². The smallest absolute Gasteiger partial charge is 0.258 e. The molecule has 0 aliphatic carbocycles. The highest BCUT2D eigenvalue weighted by Crippen LogP contribution is 2.20. The second kappa shape index (κ2) is 8.81. The van der Waals surface area contributed by atoms with E-state index in [-0.39, 0.29) is 19.1 Å². The van der Waals surface area contributed by atoms with Crippen LogP contribution in [0, 0.1) is 13.8 Å². The second-order valence-electron chi connectivity index (χ2n) is 6.13. The number of aromatic nitrogens is 2. The highest BCUT2D eigenvalue weighted by molar-refractivity contribution is 5.95. The Morgan fingerprint density at radius 2 is 1.86 bits per heavy atom. The third kappa shape index (κ3) is 4.94. The summed E-state index contributed by atoms with van der Waals surface area (Å²) in [7, 11) is 0. The van der Waals surface area contributed by atoms with Crippen LogP contribution in [-0.4, -0.2) is 35.2 Å². The number of hydrogen-bond donors (Lipinski definition) is 2. The number of aryl methyl sites for hydroxylation is 1. The van der Waals surface area contributed by atoms with Crippen molar-refractivity contribution in [3.05, 3.63) is 60.0 Å². The number of hydrogen-bond acceptors (Lipinski definition) is 6. The van der Waals surface area contributed by atoms with E-state index >= 15 is 0 Å². The fourth-order valence-electron chi connectivity index (χ4n) is 2.45. The molecule has 0 radical (unpaired) electrons. The zero-order chi connectivity index (χ0) is 19.9. The third-order valence-electron chi connectivity index (χ3n) is 4.16. The van der Waals surface area contributed by atoms with Crippen LogP contribution >= 0.6 is 0 Å². The first-order valence-corrected chi connectivity index (χ1v) is 8.65. The molecule has 2 aromatic carbocycles. The topological polar surface area (TPSA) is 106 Å². The first kappa shape index (κ1) is 19.1. The maximum absolute atomic E-state index is 12.0. The molecule has 0 spiro atoms. The summed E-state index contributed by atoms with van der Waals surface area (Å²) >= 11 is 0. The average Bonchev–Trinajstić information content (AvgIpc) is 3.23. The number of nitrogens with one attached hydrogen (secondary N) is 2. The molecular weight excluding hydrogens is 360 g/mol. The van der Waals surface area contributed by atoms with Crippen LogP contribution in [0.3, 0.4) is 0 Å². The molecule has 1 aromatic heterocycles. The van der Waals surface area contributed by atoms with E-state index in [0.29, 0.717) is 11.6 Å². The largest absolute Gasteiger partial charge is 0.484 e. The Labute approximate surface area is 161 Å². The lowest BCUT2D eigenvalue weighted by atomic mass is 10.1. The molecule has 0 fully saturated rings. The van der Waals surface area contributed by atoms with Crippen LogP contribution in [-0.2, 0) is 9.59 Å². The Kier molecular flexibility index (Phi) is 6.01. The molecule has 1 heterocycles. The Bertz CT molecular complexity index is 953. The van der Waals surface area contributed by atoms with Gasteiger partial charge in [0.1, 0.15) is 5.75 Å². The maximum atomic E-state index is 12.0. The lowest BCUT2D eigenvalue weighted by Gasteiger charge is -2.11. The highest BCUT2D eigenvalue weighted by atomic mass is 16.5. The number of carbonyl (C=O) groups excluding carboxylic acids is 2. The average molecular weight is 380 g/mol. The number of rotatable bonds is 7. The summed E-state index contributed by atoms with van der Waals surface area (Å²) in [5.74, 6) is 0.223. The lowest BCUT2D eigenvalue weighted by Crippen LogP contribution is -2.35.